The van der Waals surface area contributed by atoms with Crippen molar-refractivity contribution in [1.29, 1.82) is 0 Å². The highest BCUT2D eigenvalue weighted by atomic mass is 35.5. The summed E-state index contributed by atoms with van der Waals surface area (Å²) < 4.78 is 0. The van der Waals surface area contributed by atoms with Crippen LogP contribution in [0.25, 0.3) is 0 Å². The molecule has 1 unspecified atom stereocenters. The van der Waals surface area contributed by atoms with Crippen LogP contribution in [0.5, 0.6) is 5.75 Å². The molecule has 28 heavy (non-hydrogen) atoms. The predicted octanol–water partition coefficient (Wildman–Crippen LogP) is 1.59. The summed E-state index contributed by atoms with van der Waals surface area (Å²) in [5.74, 6) is -2.96. The van der Waals surface area contributed by atoms with E-state index in [1.807, 2.05) is 0 Å². The molecule has 0 spiro atoms. The largest absolute Gasteiger partial charge is 0.508 e. The van der Waals surface area contributed by atoms with Gasteiger partial charge in [0.15, 0.2) is 11.0 Å². The molecule has 144 valence electrons. The van der Waals surface area contributed by atoms with Crippen LogP contribution in [-0.2, 0) is 9.59 Å². The number of halogens is 1. The quantitative estimate of drug-likeness (QED) is 0.302. The maximum absolute atomic E-state index is 12.7. The number of hydrogen-bond donors (Lipinski definition) is 3. The molecule has 2 aromatic rings. The highest BCUT2D eigenvalue weighted by Gasteiger charge is 2.38. The Morgan fingerprint density at radius 1 is 1.14 bits per heavy atom. The van der Waals surface area contributed by atoms with E-state index in [0.29, 0.717) is 5.69 Å². The van der Waals surface area contributed by atoms with E-state index < -0.39 is 23.6 Å². The highest BCUT2D eigenvalue weighted by Crippen LogP contribution is 2.19. The smallest absolute Gasteiger partial charge is 0.271 e. The van der Waals surface area contributed by atoms with Crippen molar-refractivity contribution in [2.24, 2.45) is 11.0 Å². The van der Waals surface area contributed by atoms with Crippen molar-refractivity contribution in [2.45, 2.75) is 0 Å². The Hall–Kier alpha value is -3.30. The van der Waals surface area contributed by atoms with Gasteiger partial charge in [0.2, 0.25) is 5.91 Å². The van der Waals surface area contributed by atoms with Gasteiger partial charge >= 0.3 is 0 Å². The Balaban J connectivity index is 0.00000280. The van der Waals surface area contributed by atoms with Gasteiger partial charge in [0.25, 0.3) is 11.8 Å². The lowest BCUT2D eigenvalue weighted by atomic mass is 10.1. The highest BCUT2D eigenvalue weighted by molar-refractivity contribution is 7.80. The molecule has 1 atom stereocenters. The maximum Gasteiger partial charge on any atom is 0.271 e. The van der Waals surface area contributed by atoms with Gasteiger partial charge in [-0.15, -0.1) is 12.4 Å². The number of amides is 3. The second-order valence-corrected chi connectivity index (χ2v) is 5.93. The zero-order valence-electron chi connectivity index (χ0n) is 14.2. The molecule has 2 aromatic carbocycles. The minimum absolute atomic E-state index is 0. The monoisotopic (exact) mass is 418 g/mol. The summed E-state index contributed by atoms with van der Waals surface area (Å²) >= 11 is 5.08. The van der Waals surface area contributed by atoms with Crippen molar-refractivity contribution >= 4 is 59.4 Å². The lowest BCUT2D eigenvalue weighted by molar-refractivity contribution is -0.130. The van der Waals surface area contributed by atoms with E-state index in [2.05, 4.69) is 15.8 Å². The molecule has 0 aromatic heterocycles. The molecule has 0 saturated carbocycles. The Morgan fingerprint density at radius 2 is 1.79 bits per heavy atom. The summed E-state index contributed by atoms with van der Waals surface area (Å²) in [6.07, 6.45) is 1.05. The SMILES string of the molecule is Cl.O=C(NN=CC1C(=O)NC(=S)N(c2ccccc2)C1=O)c1ccc(O)cc1. The number of nitrogens with one attached hydrogen (secondary N) is 2. The molecule has 1 aliphatic rings. The lowest BCUT2D eigenvalue weighted by Crippen LogP contribution is -2.58. The third-order valence-corrected chi connectivity index (χ3v) is 4.02. The van der Waals surface area contributed by atoms with Crippen molar-refractivity contribution in [1.82, 2.24) is 10.7 Å². The number of hydrogen-bond acceptors (Lipinski definition) is 6. The first-order valence-corrected chi connectivity index (χ1v) is 8.24. The van der Waals surface area contributed by atoms with Crippen LogP contribution >= 0.6 is 24.6 Å². The number of para-hydroxylation sites is 1. The average Bonchev–Trinajstić information content (AvgIpc) is 2.65. The fourth-order valence-electron chi connectivity index (χ4n) is 2.39. The van der Waals surface area contributed by atoms with Gasteiger partial charge in [-0.2, -0.15) is 5.10 Å². The fourth-order valence-corrected chi connectivity index (χ4v) is 2.69. The van der Waals surface area contributed by atoms with Gasteiger partial charge in [-0.3, -0.25) is 19.3 Å². The number of phenolic OH excluding ortho intramolecular Hbond substituents is 1. The molecule has 0 radical (unpaired) electrons. The molecule has 8 nitrogen and oxygen atoms in total. The van der Waals surface area contributed by atoms with Crippen molar-refractivity contribution in [3.8, 4) is 5.75 Å². The van der Waals surface area contributed by atoms with E-state index in [4.69, 9.17) is 12.2 Å². The van der Waals surface area contributed by atoms with Gasteiger partial charge < -0.3 is 10.4 Å². The number of hydrazone groups is 1. The third-order valence-electron chi connectivity index (χ3n) is 3.74. The number of carbonyl (C=O) groups is 3. The van der Waals surface area contributed by atoms with Crippen LogP contribution in [0.3, 0.4) is 0 Å². The van der Waals surface area contributed by atoms with E-state index >= 15 is 0 Å². The predicted molar refractivity (Wildman–Crippen MR) is 109 cm³/mol. The average molecular weight is 419 g/mol. The molecule has 1 saturated heterocycles. The first kappa shape index (κ1) is 21.0. The van der Waals surface area contributed by atoms with Crippen molar-refractivity contribution in [2.75, 3.05) is 4.90 Å². The van der Waals surface area contributed by atoms with Gasteiger partial charge in [-0.25, -0.2) is 5.43 Å². The molecule has 1 aliphatic heterocycles. The molecule has 3 amide bonds. The fraction of sp³-hybridized carbons (Fsp3) is 0.0556. The first-order chi connectivity index (χ1) is 13.0. The molecule has 3 rings (SSSR count). The zero-order chi connectivity index (χ0) is 19.4. The van der Waals surface area contributed by atoms with Crippen LogP contribution in [0, 0.1) is 5.92 Å². The van der Waals surface area contributed by atoms with E-state index in [9.17, 15) is 19.5 Å². The Kier molecular flexibility index (Phi) is 6.80. The zero-order valence-corrected chi connectivity index (χ0v) is 15.9. The number of nitrogens with zero attached hydrogens (tertiary/aromatic N) is 2. The van der Waals surface area contributed by atoms with E-state index in [1.54, 1.807) is 30.3 Å². The van der Waals surface area contributed by atoms with Crippen molar-refractivity contribution in [3.63, 3.8) is 0 Å². The van der Waals surface area contributed by atoms with Crippen LogP contribution in [0.1, 0.15) is 10.4 Å². The number of anilines is 1. The first-order valence-electron chi connectivity index (χ1n) is 7.84. The molecule has 3 N–H and O–H groups in total. The second-order valence-electron chi connectivity index (χ2n) is 5.55. The Bertz CT molecular complexity index is 934. The van der Waals surface area contributed by atoms with Gasteiger partial charge in [0.1, 0.15) is 5.75 Å². The minimum atomic E-state index is -1.24. The molecule has 1 fully saturated rings. The topological polar surface area (TPSA) is 111 Å². The summed E-state index contributed by atoms with van der Waals surface area (Å²) in [4.78, 5) is 38.0. The Labute approximate surface area is 171 Å². The van der Waals surface area contributed by atoms with Gasteiger partial charge in [0.05, 0.1) is 5.69 Å². The normalized spacial score (nSPS) is 16.5. The number of aromatic hydroxyl groups is 1. The molecule has 0 bridgehead atoms. The van der Waals surface area contributed by atoms with Crippen molar-refractivity contribution < 1.29 is 19.5 Å². The standard InChI is InChI=1S/C18H14N4O4S.ClH/c23-13-8-6-11(7-9-13)15(24)21-19-10-14-16(25)20-18(27)22(17(14)26)12-4-2-1-3-5-12;/h1-10,14,23H,(H,21,24)(H,20,25,27);1H. The number of thiocarbonyl (C=S) groups is 1. The van der Waals surface area contributed by atoms with Crippen molar-refractivity contribution in [3.05, 3.63) is 60.2 Å². The van der Waals surface area contributed by atoms with Crippen LogP contribution in [-0.4, -0.2) is 34.2 Å². The van der Waals surface area contributed by atoms with Crippen LogP contribution in [0.2, 0.25) is 0 Å². The maximum atomic E-state index is 12.7. The second kappa shape index (κ2) is 9.07. The summed E-state index contributed by atoms with van der Waals surface area (Å²) in [6.45, 7) is 0. The van der Waals surface area contributed by atoms with Crippen LogP contribution in [0.15, 0.2) is 59.7 Å². The molecule has 0 aliphatic carbocycles. The molecule has 10 heteroatoms. The summed E-state index contributed by atoms with van der Waals surface area (Å²) in [6, 6.07) is 14.2. The Morgan fingerprint density at radius 3 is 2.43 bits per heavy atom. The molecule has 1 heterocycles. The van der Waals surface area contributed by atoms with Gasteiger partial charge in [0, 0.05) is 11.8 Å². The van der Waals surface area contributed by atoms with E-state index in [-0.39, 0.29) is 28.8 Å². The third kappa shape index (κ3) is 4.51. The van der Waals surface area contributed by atoms with Gasteiger partial charge in [-0.05, 0) is 48.6 Å². The van der Waals surface area contributed by atoms with Crippen LogP contribution < -0.4 is 15.6 Å². The summed E-state index contributed by atoms with van der Waals surface area (Å²) in [7, 11) is 0. The number of rotatable bonds is 4. The summed E-state index contributed by atoms with van der Waals surface area (Å²) in [5, 5.41) is 15.4. The van der Waals surface area contributed by atoms with E-state index in [1.165, 1.54) is 29.2 Å². The van der Waals surface area contributed by atoms with E-state index in [0.717, 1.165) is 6.21 Å². The number of phenols is 1. The van der Waals surface area contributed by atoms with Gasteiger partial charge in [-0.1, -0.05) is 18.2 Å². The minimum Gasteiger partial charge on any atom is -0.508 e. The number of benzene rings is 2. The number of carbonyl (C=O) groups excluding carboxylic acids is 3. The lowest BCUT2D eigenvalue weighted by Gasteiger charge is -2.30. The molecular formula is C18H15ClN4O4S. The summed E-state index contributed by atoms with van der Waals surface area (Å²) in [5.41, 5.74) is 3.01. The van der Waals surface area contributed by atoms with Crippen LogP contribution in [0.4, 0.5) is 5.69 Å². The molecular weight excluding hydrogens is 404 g/mol.